The molecule has 2 heterocycles. The highest BCUT2D eigenvalue weighted by Gasteiger charge is 2.30. The Hall–Kier alpha value is -3.10. The van der Waals surface area contributed by atoms with Crippen LogP contribution in [0.15, 0.2) is 24.3 Å². The summed E-state index contributed by atoms with van der Waals surface area (Å²) >= 11 is 0. The van der Waals surface area contributed by atoms with Crippen molar-refractivity contribution in [3.05, 3.63) is 35.7 Å². The van der Waals surface area contributed by atoms with Crippen LogP contribution in [0.1, 0.15) is 54.8 Å². The summed E-state index contributed by atoms with van der Waals surface area (Å²) in [6.45, 7) is 1.99. The lowest BCUT2D eigenvalue weighted by atomic mass is 10.1. The maximum absolute atomic E-state index is 12.6. The number of aromatic amines is 1. The van der Waals surface area contributed by atoms with Crippen molar-refractivity contribution in [2.24, 2.45) is 0 Å². The van der Waals surface area contributed by atoms with Gasteiger partial charge in [-0.3, -0.25) is 19.3 Å². The number of carbonyl (C=O) groups excluding carboxylic acids is 3. The Balaban J connectivity index is 1.79. The zero-order valence-electron chi connectivity index (χ0n) is 13.7. The van der Waals surface area contributed by atoms with Crippen LogP contribution < -0.4 is 10.2 Å². The molecule has 1 aromatic carbocycles. The molecule has 0 spiro atoms. The van der Waals surface area contributed by atoms with E-state index in [0.29, 0.717) is 23.5 Å². The fourth-order valence-corrected chi connectivity index (χ4v) is 2.76. The van der Waals surface area contributed by atoms with E-state index in [2.05, 4.69) is 25.9 Å². The van der Waals surface area contributed by atoms with E-state index in [1.54, 1.807) is 18.2 Å². The molecule has 2 aromatic rings. The predicted molar refractivity (Wildman–Crippen MR) is 87.5 cm³/mol. The van der Waals surface area contributed by atoms with Crippen molar-refractivity contribution in [3.8, 4) is 0 Å². The maximum atomic E-state index is 12.6. The summed E-state index contributed by atoms with van der Waals surface area (Å²) in [5.74, 6) is -0.420. The number of hydrogen-bond acceptors (Lipinski definition) is 6. The van der Waals surface area contributed by atoms with Gasteiger partial charge in [-0.05, 0) is 24.6 Å². The summed E-state index contributed by atoms with van der Waals surface area (Å²) < 4.78 is 0. The van der Waals surface area contributed by atoms with Crippen molar-refractivity contribution in [3.63, 3.8) is 0 Å². The summed E-state index contributed by atoms with van der Waals surface area (Å²) in [5.41, 5.74) is 0.765. The summed E-state index contributed by atoms with van der Waals surface area (Å²) in [7, 11) is 0. The molecule has 1 unspecified atom stereocenters. The first-order chi connectivity index (χ1) is 12.1. The number of benzene rings is 1. The van der Waals surface area contributed by atoms with Gasteiger partial charge in [-0.1, -0.05) is 24.6 Å². The second kappa shape index (κ2) is 7.20. The van der Waals surface area contributed by atoms with E-state index in [1.165, 1.54) is 6.07 Å². The number of imide groups is 1. The Morgan fingerprint density at radius 1 is 1.32 bits per heavy atom. The van der Waals surface area contributed by atoms with Gasteiger partial charge in [-0.25, -0.2) is 0 Å². The molecule has 1 aromatic heterocycles. The van der Waals surface area contributed by atoms with Crippen molar-refractivity contribution in [1.82, 2.24) is 25.9 Å². The van der Waals surface area contributed by atoms with Crippen LogP contribution in [0.2, 0.25) is 0 Å². The average molecular weight is 342 g/mol. The molecule has 0 radical (unpaired) electrons. The van der Waals surface area contributed by atoms with Gasteiger partial charge < -0.3 is 5.32 Å². The first-order valence-corrected chi connectivity index (χ1v) is 8.10. The number of aromatic nitrogens is 4. The first-order valence-electron chi connectivity index (χ1n) is 8.10. The Kier molecular flexibility index (Phi) is 4.82. The van der Waals surface area contributed by atoms with Crippen LogP contribution in [0.4, 0.5) is 5.69 Å². The molecule has 0 bridgehead atoms. The zero-order chi connectivity index (χ0) is 17.8. The third kappa shape index (κ3) is 3.54. The quantitative estimate of drug-likeness (QED) is 0.759. The first kappa shape index (κ1) is 16.7. The van der Waals surface area contributed by atoms with E-state index in [0.717, 1.165) is 11.3 Å². The fraction of sp³-hybridized carbons (Fsp3) is 0.375. The van der Waals surface area contributed by atoms with Crippen LogP contribution in [0.25, 0.3) is 0 Å². The molecule has 3 amide bonds. The number of tetrazole rings is 1. The van der Waals surface area contributed by atoms with Crippen LogP contribution in [0, 0.1) is 0 Å². The van der Waals surface area contributed by atoms with Crippen LogP contribution in [0.5, 0.6) is 0 Å². The van der Waals surface area contributed by atoms with E-state index in [4.69, 9.17) is 0 Å². The van der Waals surface area contributed by atoms with Crippen LogP contribution in [-0.2, 0) is 9.59 Å². The minimum Gasteiger partial charge on any atom is -0.342 e. The van der Waals surface area contributed by atoms with Crippen molar-refractivity contribution in [1.29, 1.82) is 0 Å². The molecule has 0 saturated carbocycles. The zero-order valence-corrected chi connectivity index (χ0v) is 13.7. The van der Waals surface area contributed by atoms with Crippen LogP contribution >= 0.6 is 0 Å². The third-order valence-corrected chi connectivity index (χ3v) is 3.97. The molecule has 2 N–H and O–H groups in total. The Labute approximate surface area is 143 Å². The van der Waals surface area contributed by atoms with Gasteiger partial charge in [-0.15, -0.1) is 10.2 Å². The summed E-state index contributed by atoms with van der Waals surface area (Å²) in [4.78, 5) is 37.4. The smallest absolute Gasteiger partial charge is 0.251 e. The van der Waals surface area contributed by atoms with Crippen LogP contribution in [0.3, 0.4) is 0 Å². The monoisotopic (exact) mass is 342 g/mol. The van der Waals surface area contributed by atoms with Crippen molar-refractivity contribution < 1.29 is 14.4 Å². The van der Waals surface area contributed by atoms with E-state index in [1.807, 2.05) is 6.92 Å². The average Bonchev–Trinajstić information content (AvgIpc) is 3.25. The summed E-state index contributed by atoms with van der Waals surface area (Å²) in [6, 6.07) is 6.08. The molecule has 1 saturated heterocycles. The van der Waals surface area contributed by atoms with Crippen molar-refractivity contribution in [2.75, 3.05) is 4.90 Å². The predicted octanol–water partition coefficient (Wildman–Crippen LogP) is 1.12. The summed E-state index contributed by atoms with van der Waals surface area (Å²) in [6.07, 6.45) is 1.89. The molecule has 25 heavy (non-hydrogen) atoms. The molecule has 3 rings (SSSR count). The number of H-pyrrole nitrogens is 1. The van der Waals surface area contributed by atoms with Gasteiger partial charge in [0.2, 0.25) is 11.8 Å². The Bertz CT molecular complexity index is 773. The number of nitrogens with one attached hydrogen (secondary N) is 2. The molecule has 1 atom stereocenters. The number of carbonyl (C=O) groups is 3. The lowest BCUT2D eigenvalue weighted by molar-refractivity contribution is -0.121. The second-order valence-corrected chi connectivity index (χ2v) is 5.76. The van der Waals surface area contributed by atoms with Gasteiger partial charge in [0.1, 0.15) is 0 Å². The normalized spacial score (nSPS) is 15.5. The van der Waals surface area contributed by atoms with E-state index in [9.17, 15) is 14.4 Å². The molecule has 0 aliphatic carbocycles. The topological polar surface area (TPSA) is 121 Å². The lowest BCUT2D eigenvalue weighted by Crippen LogP contribution is -2.31. The highest BCUT2D eigenvalue weighted by Crippen LogP contribution is 2.24. The maximum Gasteiger partial charge on any atom is 0.251 e. The molecule has 9 heteroatoms. The van der Waals surface area contributed by atoms with Crippen molar-refractivity contribution in [2.45, 2.75) is 38.6 Å². The number of amides is 3. The largest absolute Gasteiger partial charge is 0.342 e. The number of nitrogens with zero attached hydrogens (tertiary/aromatic N) is 4. The Morgan fingerprint density at radius 3 is 2.72 bits per heavy atom. The van der Waals surface area contributed by atoms with E-state index >= 15 is 0 Å². The highest BCUT2D eigenvalue weighted by molar-refractivity contribution is 6.20. The molecule has 9 nitrogen and oxygen atoms in total. The molecule has 1 fully saturated rings. The van der Waals surface area contributed by atoms with Gasteiger partial charge >= 0.3 is 0 Å². The fourth-order valence-electron chi connectivity index (χ4n) is 2.76. The van der Waals surface area contributed by atoms with Gasteiger partial charge in [0.25, 0.3) is 5.91 Å². The van der Waals surface area contributed by atoms with E-state index in [-0.39, 0.29) is 36.6 Å². The van der Waals surface area contributed by atoms with Crippen molar-refractivity contribution >= 4 is 23.4 Å². The number of hydrogen-bond donors (Lipinski definition) is 2. The SMILES string of the molecule is CCCC(NC(=O)c1cccc(N2C(=O)CCC2=O)c1)c1nn[nH]n1. The minimum atomic E-state index is -0.366. The van der Waals surface area contributed by atoms with Gasteiger partial charge in [0, 0.05) is 18.4 Å². The van der Waals surface area contributed by atoms with Gasteiger partial charge in [-0.2, -0.15) is 5.21 Å². The van der Waals surface area contributed by atoms with Gasteiger partial charge in [0.15, 0.2) is 5.82 Å². The number of anilines is 1. The lowest BCUT2D eigenvalue weighted by Gasteiger charge is -2.17. The number of rotatable bonds is 6. The minimum absolute atomic E-state index is 0.200. The standard InChI is InChI=1S/C16H18N6O3/c1-2-4-12(15-18-20-21-19-15)17-16(25)10-5-3-6-11(9-10)22-13(23)7-8-14(22)24/h3,5-6,9,12H,2,4,7-8H2,1H3,(H,17,25)(H,18,19,20,21). The third-order valence-electron chi connectivity index (χ3n) is 3.97. The summed E-state index contributed by atoms with van der Waals surface area (Å²) in [5, 5.41) is 16.6. The van der Waals surface area contributed by atoms with Crippen LogP contribution in [-0.4, -0.2) is 38.3 Å². The van der Waals surface area contributed by atoms with E-state index < -0.39 is 0 Å². The molecular formula is C16H18N6O3. The second-order valence-electron chi connectivity index (χ2n) is 5.76. The Morgan fingerprint density at radius 2 is 2.08 bits per heavy atom. The molecular weight excluding hydrogens is 324 g/mol. The molecule has 1 aliphatic heterocycles. The molecule has 1 aliphatic rings. The van der Waals surface area contributed by atoms with Gasteiger partial charge in [0.05, 0.1) is 11.7 Å². The highest BCUT2D eigenvalue weighted by atomic mass is 16.2. The molecule has 130 valence electrons.